The summed E-state index contributed by atoms with van der Waals surface area (Å²) in [5.41, 5.74) is 0.371. The van der Waals surface area contributed by atoms with Crippen molar-refractivity contribution in [3.63, 3.8) is 0 Å². The quantitative estimate of drug-likeness (QED) is 0.897. The van der Waals surface area contributed by atoms with E-state index in [1.165, 1.54) is 12.4 Å². The Kier molecular flexibility index (Phi) is 3.61. The summed E-state index contributed by atoms with van der Waals surface area (Å²) in [4.78, 5) is 15.7. The molecule has 1 aromatic carbocycles. The second-order valence-electron chi connectivity index (χ2n) is 3.24. The van der Waals surface area contributed by atoms with Gasteiger partial charge in [-0.25, -0.2) is 4.98 Å². The van der Waals surface area contributed by atoms with Gasteiger partial charge in [0.25, 0.3) is 5.91 Å². The Bertz CT molecular complexity index is 527. The molecule has 0 unspecified atom stereocenters. The zero-order valence-corrected chi connectivity index (χ0v) is 10.1. The molecule has 0 fully saturated rings. The first-order valence-corrected chi connectivity index (χ1v) is 5.50. The first kappa shape index (κ1) is 11.9. The number of H-pyrrole nitrogens is 1. The normalized spacial score (nSPS) is 10.2. The summed E-state index contributed by atoms with van der Waals surface area (Å²) in [5, 5.41) is 9.77. The van der Waals surface area contributed by atoms with Crippen LogP contribution < -0.4 is 5.32 Å². The lowest BCUT2D eigenvalue weighted by molar-refractivity contribution is 0.0950. The van der Waals surface area contributed by atoms with Gasteiger partial charge in [0.1, 0.15) is 12.2 Å². The molecule has 0 bridgehead atoms. The molecule has 5 nitrogen and oxygen atoms in total. The Morgan fingerprint density at radius 2 is 2.24 bits per heavy atom. The summed E-state index contributed by atoms with van der Waals surface area (Å²) in [7, 11) is 0. The monoisotopic (exact) mass is 270 g/mol. The molecule has 0 saturated carbocycles. The van der Waals surface area contributed by atoms with E-state index in [9.17, 15) is 4.79 Å². The Balaban J connectivity index is 2.04. The van der Waals surface area contributed by atoms with Crippen LogP contribution in [0, 0.1) is 0 Å². The number of nitrogens with zero attached hydrogens (tertiary/aromatic N) is 2. The van der Waals surface area contributed by atoms with Crippen molar-refractivity contribution in [2.75, 3.05) is 0 Å². The van der Waals surface area contributed by atoms with Crippen molar-refractivity contribution < 1.29 is 4.79 Å². The van der Waals surface area contributed by atoms with Gasteiger partial charge in [-0.15, -0.1) is 0 Å². The molecule has 1 heterocycles. The summed E-state index contributed by atoms with van der Waals surface area (Å²) in [6.45, 7) is 0.262. The van der Waals surface area contributed by atoms with Crippen LogP contribution in [0.25, 0.3) is 0 Å². The number of nitrogens with one attached hydrogen (secondary N) is 2. The number of hydrogen-bond donors (Lipinski definition) is 2. The zero-order chi connectivity index (χ0) is 12.3. The van der Waals surface area contributed by atoms with Gasteiger partial charge in [0.05, 0.1) is 17.1 Å². The van der Waals surface area contributed by atoms with Crippen molar-refractivity contribution in [3.05, 3.63) is 46.0 Å². The fraction of sp³-hybridized carbons (Fsp3) is 0.100. The van der Waals surface area contributed by atoms with Gasteiger partial charge in [-0.05, 0) is 18.2 Å². The molecule has 0 atom stereocenters. The third-order valence-electron chi connectivity index (χ3n) is 2.06. The molecule has 0 radical (unpaired) electrons. The Morgan fingerprint density at radius 1 is 1.41 bits per heavy atom. The summed E-state index contributed by atoms with van der Waals surface area (Å²) in [5.74, 6) is 0.284. The van der Waals surface area contributed by atoms with Crippen molar-refractivity contribution >= 4 is 29.1 Å². The average molecular weight is 271 g/mol. The molecular weight excluding hydrogens is 263 g/mol. The zero-order valence-electron chi connectivity index (χ0n) is 8.58. The summed E-state index contributed by atoms with van der Waals surface area (Å²) in [6.07, 6.45) is 1.37. The molecule has 0 aliphatic carbocycles. The Morgan fingerprint density at radius 3 is 2.88 bits per heavy atom. The lowest BCUT2D eigenvalue weighted by Crippen LogP contribution is -2.23. The van der Waals surface area contributed by atoms with Crippen LogP contribution in [-0.4, -0.2) is 21.1 Å². The standard InChI is InChI=1S/C10H8Cl2N4O/c11-6-1-2-7(8(12)3-6)10(17)13-4-9-14-5-15-16-9/h1-3,5H,4H2,(H,13,17)(H,14,15,16). The highest BCUT2D eigenvalue weighted by Gasteiger charge is 2.10. The number of aromatic amines is 1. The van der Waals surface area contributed by atoms with Gasteiger partial charge in [0, 0.05) is 5.02 Å². The largest absolute Gasteiger partial charge is 0.345 e. The molecule has 2 aromatic rings. The molecule has 88 valence electrons. The van der Waals surface area contributed by atoms with Gasteiger partial charge < -0.3 is 5.32 Å². The topological polar surface area (TPSA) is 70.7 Å². The highest BCUT2D eigenvalue weighted by atomic mass is 35.5. The van der Waals surface area contributed by atoms with E-state index in [0.717, 1.165) is 0 Å². The number of carbonyl (C=O) groups is 1. The number of halogens is 2. The van der Waals surface area contributed by atoms with E-state index < -0.39 is 0 Å². The van der Waals surface area contributed by atoms with E-state index in [4.69, 9.17) is 23.2 Å². The lowest BCUT2D eigenvalue weighted by Gasteiger charge is -2.05. The number of amides is 1. The molecule has 0 saturated heterocycles. The van der Waals surface area contributed by atoms with Crippen LogP contribution in [0.4, 0.5) is 0 Å². The van der Waals surface area contributed by atoms with Gasteiger partial charge in [0.15, 0.2) is 0 Å². The van der Waals surface area contributed by atoms with Gasteiger partial charge in [-0.2, -0.15) is 5.10 Å². The number of rotatable bonds is 3. The van der Waals surface area contributed by atoms with Crippen LogP contribution in [-0.2, 0) is 6.54 Å². The smallest absolute Gasteiger partial charge is 0.253 e. The molecule has 7 heteroatoms. The van der Waals surface area contributed by atoms with E-state index >= 15 is 0 Å². The fourth-order valence-corrected chi connectivity index (χ4v) is 1.74. The number of aromatic nitrogens is 3. The van der Waals surface area contributed by atoms with Gasteiger partial charge >= 0.3 is 0 Å². The van der Waals surface area contributed by atoms with Crippen molar-refractivity contribution in [2.24, 2.45) is 0 Å². The molecule has 0 aliphatic rings. The van der Waals surface area contributed by atoms with Crippen LogP contribution in [0.2, 0.25) is 10.0 Å². The fourth-order valence-electron chi connectivity index (χ4n) is 1.25. The van der Waals surface area contributed by atoms with Crippen molar-refractivity contribution in [1.82, 2.24) is 20.5 Å². The SMILES string of the molecule is O=C(NCc1ncn[nH]1)c1ccc(Cl)cc1Cl. The minimum atomic E-state index is -0.289. The molecule has 0 aliphatic heterocycles. The molecule has 2 N–H and O–H groups in total. The number of hydrogen-bond acceptors (Lipinski definition) is 3. The summed E-state index contributed by atoms with van der Waals surface area (Å²) in [6, 6.07) is 4.70. The van der Waals surface area contributed by atoms with Crippen LogP contribution in [0.3, 0.4) is 0 Å². The van der Waals surface area contributed by atoms with Crippen molar-refractivity contribution in [2.45, 2.75) is 6.54 Å². The van der Waals surface area contributed by atoms with Gasteiger partial charge in [0.2, 0.25) is 0 Å². The Labute approximate surface area is 107 Å². The highest BCUT2D eigenvalue weighted by Crippen LogP contribution is 2.20. The van der Waals surface area contributed by atoms with Crippen LogP contribution in [0.15, 0.2) is 24.5 Å². The van der Waals surface area contributed by atoms with E-state index in [1.54, 1.807) is 12.1 Å². The Hall–Kier alpha value is -1.59. The van der Waals surface area contributed by atoms with Crippen LogP contribution >= 0.6 is 23.2 Å². The average Bonchev–Trinajstić information content (AvgIpc) is 2.78. The molecule has 0 spiro atoms. The molecule has 17 heavy (non-hydrogen) atoms. The van der Waals surface area contributed by atoms with Crippen molar-refractivity contribution in [1.29, 1.82) is 0 Å². The van der Waals surface area contributed by atoms with E-state index in [2.05, 4.69) is 20.5 Å². The summed E-state index contributed by atoms with van der Waals surface area (Å²) < 4.78 is 0. The maximum Gasteiger partial charge on any atom is 0.253 e. The van der Waals surface area contributed by atoms with Gasteiger partial charge in [-0.1, -0.05) is 23.2 Å². The van der Waals surface area contributed by atoms with Crippen LogP contribution in [0.5, 0.6) is 0 Å². The predicted octanol–water partition coefficient (Wildman–Crippen LogP) is 2.04. The van der Waals surface area contributed by atoms with E-state index in [-0.39, 0.29) is 12.5 Å². The number of carbonyl (C=O) groups excluding carboxylic acids is 1. The number of benzene rings is 1. The maximum atomic E-state index is 11.8. The molecule has 1 aromatic heterocycles. The predicted molar refractivity (Wildman–Crippen MR) is 64.0 cm³/mol. The molecule has 2 rings (SSSR count). The molecular formula is C10H8Cl2N4O. The lowest BCUT2D eigenvalue weighted by atomic mass is 10.2. The molecule has 1 amide bonds. The van der Waals surface area contributed by atoms with Crippen molar-refractivity contribution in [3.8, 4) is 0 Å². The first-order valence-electron chi connectivity index (χ1n) is 4.74. The van der Waals surface area contributed by atoms with Gasteiger partial charge in [-0.3, -0.25) is 9.89 Å². The minimum absolute atomic E-state index is 0.262. The second kappa shape index (κ2) is 5.16. The second-order valence-corrected chi connectivity index (χ2v) is 4.08. The van der Waals surface area contributed by atoms with E-state index in [0.29, 0.717) is 21.4 Å². The first-order chi connectivity index (χ1) is 8.16. The van der Waals surface area contributed by atoms with E-state index in [1.807, 2.05) is 0 Å². The minimum Gasteiger partial charge on any atom is -0.345 e. The summed E-state index contributed by atoms with van der Waals surface area (Å²) >= 11 is 11.6. The third kappa shape index (κ3) is 2.95. The maximum absolute atomic E-state index is 11.8. The van der Waals surface area contributed by atoms with Crippen LogP contribution in [0.1, 0.15) is 16.2 Å². The highest BCUT2D eigenvalue weighted by molar-refractivity contribution is 6.36. The third-order valence-corrected chi connectivity index (χ3v) is 2.60.